The Labute approximate surface area is 124 Å². The zero-order valence-corrected chi connectivity index (χ0v) is 12.3. The Morgan fingerprint density at radius 2 is 2.20 bits per heavy atom. The van der Waals surface area contributed by atoms with Crippen LogP contribution in [0.2, 0.25) is 5.02 Å². The van der Waals surface area contributed by atoms with Crippen molar-refractivity contribution in [3.63, 3.8) is 0 Å². The second kappa shape index (κ2) is 6.62. The van der Waals surface area contributed by atoms with E-state index in [4.69, 9.17) is 11.6 Å². The molecule has 0 atom stereocenters. The summed E-state index contributed by atoms with van der Waals surface area (Å²) >= 11 is 5.91. The normalized spacial score (nSPS) is 15.8. The summed E-state index contributed by atoms with van der Waals surface area (Å²) in [5, 5.41) is 12.6. The number of amides is 1. The number of rotatable bonds is 3. The minimum absolute atomic E-state index is 0.0871. The molecule has 1 aromatic rings. The van der Waals surface area contributed by atoms with Crippen molar-refractivity contribution in [3.05, 3.63) is 28.8 Å². The summed E-state index contributed by atoms with van der Waals surface area (Å²) < 4.78 is 0. The molecule has 0 aromatic heterocycles. The molecule has 1 amide bonds. The van der Waals surface area contributed by atoms with Gasteiger partial charge in [-0.25, -0.2) is 0 Å². The summed E-state index contributed by atoms with van der Waals surface area (Å²) in [6, 6.07) is 7.55. The van der Waals surface area contributed by atoms with Crippen molar-refractivity contribution in [3.8, 4) is 6.07 Å². The van der Waals surface area contributed by atoms with Gasteiger partial charge in [0.25, 0.3) is 0 Å². The highest BCUT2D eigenvalue weighted by Gasteiger charge is 2.25. The van der Waals surface area contributed by atoms with Crippen LogP contribution in [0.1, 0.15) is 25.3 Å². The highest BCUT2D eigenvalue weighted by Crippen LogP contribution is 2.28. The number of halogens is 1. The molecule has 0 bridgehead atoms. The smallest absolute Gasteiger partial charge is 0.223 e. The van der Waals surface area contributed by atoms with Crippen molar-refractivity contribution >= 4 is 23.2 Å². The zero-order valence-electron chi connectivity index (χ0n) is 11.5. The first-order chi connectivity index (χ1) is 9.65. The Hall–Kier alpha value is -1.73. The molecular weight excluding hydrogens is 274 g/mol. The molecule has 1 aliphatic heterocycles. The molecule has 1 aromatic carbocycles. The lowest BCUT2D eigenvalue weighted by atomic mass is 9.95. The lowest BCUT2D eigenvalue weighted by Crippen LogP contribution is -2.40. The number of piperidine rings is 1. The minimum atomic E-state index is 0.0871. The molecule has 1 saturated heterocycles. The van der Waals surface area contributed by atoms with Crippen LogP contribution < -0.4 is 10.2 Å². The monoisotopic (exact) mass is 291 g/mol. The van der Waals surface area contributed by atoms with E-state index < -0.39 is 0 Å². The van der Waals surface area contributed by atoms with Crippen LogP contribution in [-0.2, 0) is 4.79 Å². The minimum Gasteiger partial charge on any atom is -0.370 e. The van der Waals surface area contributed by atoms with Gasteiger partial charge in [-0.2, -0.15) is 5.26 Å². The van der Waals surface area contributed by atoms with Crippen LogP contribution in [0.5, 0.6) is 0 Å². The van der Waals surface area contributed by atoms with Gasteiger partial charge < -0.3 is 10.2 Å². The van der Waals surface area contributed by atoms with E-state index in [0.717, 1.165) is 31.6 Å². The lowest BCUT2D eigenvalue weighted by molar-refractivity contribution is -0.125. The number of nitriles is 1. The molecule has 0 radical (unpaired) electrons. The highest BCUT2D eigenvalue weighted by atomic mass is 35.5. The number of hydrogen-bond donors (Lipinski definition) is 1. The molecule has 106 valence electrons. The van der Waals surface area contributed by atoms with E-state index >= 15 is 0 Å². The van der Waals surface area contributed by atoms with Crippen molar-refractivity contribution in [1.82, 2.24) is 5.32 Å². The third-order valence-corrected chi connectivity index (χ3v) is 3.87. The maximum absolute atomic E-state index is 11.8. The second-order valence-corrected chi connectivity index (χ2v) is 5.37. The molecule has 0 aliphatic carbocycles. The number of anilines is 1. The van der Waals surface area contributed by atoms with Crippen LogP contribution in [0.15, 0.2) is 18.2 Å². The number of nitrogens with one attached hydrogen (secondary N) is 1. The van der Waals surface area contributed by atoms with E-state index in [1.807, 2.05) is 13.0 Å². The molecule has 0 saturated carbocycles. The fourth-order valence-electron chi connectivity index (χ4n) is 2.57. The standard InChI is InChI=1S/C15H18ClN3O/c1-2-18-15(20)11-5-7-19(8-6-11)14-4-3-13(16)9-12(14)10-17/h3-4,9,11H,2,5-8H2,1H3,(H,18,20). The van der Waals surface area contributed by atoms with Gasteiger partial charge >= 0.3 is 0 Å². The first-order valence-electron chi connectivity index (χ1n) is 6.88. The van der Waals surface area contributed by atoms with Crippen molar-refractivity contribution in [2.75, 3.05) is 24.5 Å². The summed E-state index contributed by atoms with van der Waals surface area (Å²) in [4.78, 5) is 14.0. The average Bonchev–Trinajstić information content (AvgIpc) is 2.47. The van der Waals surface area contributed by atoms with Crippen LogP contribution in [0, 0.1) is 17.2 Å². The Kier molecular flexibility index (Phi) is 4.86. The molecule has 1 N–H and O–H groups in total. The van der Waals surface area contributed by atoms with Crippen molar-refractivity contribution in [1.29, 1.82) is 5.26 Å². The molecule has 4 nitrogen and oxygen atoms in total. The van der Waals surface area contributed by atoms with Crippen LogP contribution in [0.3, 0.4) is 0 Å². The summed E-state index contributed by atoms with van der Waals surface area (Å²) in [5.41, 5.74) is 1.50. The Morgan fingerprint density at radius 1 is 1.50 bits per heavy atom. The first kappa shape index (κ1) is 14.7. The predicted octanol–water partition coefficient (Wildman–Crippen LogP) is 2.56. The fourth-order valence-corrected chi connectivity index (χ4v) is 2.75. The molecule has 0 spiro atoms. The van der Waals surface area contributed by atoms with E-state index in [0.29, 0.717) is 17.1 Å². The highest BCUT2D eigenvalue weighted by molar-refractivity contribution is 6.30. The van der Waals surface area contributed by atoms with Gasteiger partial charge in [0.1, 0.15) is 6.07 Å². The molecular formula is C15H18ClN3O. The summed E-state index contributed by atoms with van der Waals surface area (Å²) in [6.45, 7) is 4.19. The molecule has 0 unspecified atom stereocenters. The molecule has 2 rings (SSSR count). The number of carbonyl (C=O) groups excluding carboxylic acids is 1. The molecule has 5 heteroatoms. The van der Waals surface area contributed by atoms with Crippen LogP contribution in [-0.4, -0.2) is 25.5 Å². The molecule has 1 fully saturated rings. The average molecular weight is 292 g/mol. The number of carbonyl (C=O) groups is 1. The van der Waals surface area contributed by atoms with Gasteiger partial charge in [0.2, 0.25) is 5.91 Å². The third kappa shape index (κ3) is 3.23. The molecule has 1 aliphatic rings. The first-order valence-corrected chi connectivity index (χ1v) is 7.25. The fraction of sp³-hybridized carbons (Fsp3) is 0.467. The Bertz CT molecular complexity index is 530. The number of benzene rings is 1. The van der Waals surface area contributed by atoms with Crippen LogP contribution in [0.4, 0.5) is 5.69 Å². The lowest BCUT2D eigenvalue weighted by Gasteiger charge is -2.33. The van der Waals surface area contributed by atoms with Crippen molar-refractivity contribution in [2.45, 2.75) is 19.8 Å². The summed E-state index contributed by atoms with van der Waals surface area (Å²) in [7, 11) is 0. The van der Waals surface area contributed by atoms with Crippen LogP contribution in [0.25, 0.3) is 0 Å². The Morgan fingerprint density at radius 3 is 2.80 bits per heavy atom. The van der Waals surface area contributed by atoms with Gasteiger partial charge in [0.15, 0.2) is 0 Å². The molecule has 1 heterocycles. The van der Waals surface area contributed by atoms with Gasteiger partial charge in [0, 0.05) is 30.6 Å². The molecule has 20 heavy (non-hydrogen) atoms. The van der Waals surface area contributed by atoms with Gasteiger partial charge in [-0.15, -0.1) is 0 Å². The SMILES string of the molecule is CCNC(=O)C1CCN(c2ccc(Cl)cc2C#N)CC1. The predicted molar refractivity (Wildman–Crippen MR) is 79.8 cm³/mol. The summed E-state index contributed by atoms with van der Waals surface area (Å²) in [5.74, 6) is 0.229. The van der Waals surface area contributed by atoms with Crippen molar-refractivity contribution < 1.29 is 4.79 Å². The number of hydrogen-bond acceptors (Lipinski definition) is 3. The van der Waals surface area contributed by atoms with E-state index in [1.54, 1.807) is 12.1 Å². The second-order valence-electron chi connectivity index (χ2n) is 4.93. The summed E-state index contributed by atoms with van der Waals surface area (Å²) in [6.07, 6.45) is 1.64. The Balaban J connectivity index is 2.04. The van der Waals surface area contributed by atoms with E-state index in [9.17, 15) is 10.1 Å². The maximum atomic E-state index is 11.8. The third-order valence-electron chi connectivity index (χ3n) is 3.64. The maximum Gasteiger partial charge on any atom is 0.223 e. The van der Waals surface area contributed by atoms with Crippen molar-refractivity contribution in [2.24, 2.45) is 5.92 Å². The van der Waals surface area contributed by atoms with Crippen LogP contribution >= 0.6 is 11.6 Å². The zero-order chi connectivity index (χ0) is 14.5. The van der Waals surface area contributed by atoms with Gasteiger partial charge in [-0.1, -0.05) is 11.6 Å². The van der Waals surface area contributed by atoms with E-state index in [2.05, 4.69) is 16.3 Å². The number of nitrogens with zero attached hydrogens (tertiary/aromatic N) is 2. The van der Waals surface area contributed by atoms with E-state index in [1.165, 1.54) is 0 Å². The van der Waals surface area contributed by atoms with Gasteiger partial charge in [-0.05, 0) is 38.0 Å². The van der Waals surface area contributed by atoms with E-state index in [-0.39, 0.29) is 11.8 Å². The largest absolute Gasteiger partial charge is 0.370 e. The van der Waals surface area contributed by atoms with Gasteiger partial charge in [-0.3, -0.25) is 4.79 Å². The topological polar surface area (TPSA) is 56.1 Å². The van der Waals surface area contributed by atoms with Gasteiger partial charge in [0.05, 0.1) is 11.3 Å². The quantitative estimate of drug-likeness (QED) is 0.931.